The van der Waals surface area contributed by atoms with Gasteiger partial charge in [-0.15, -0.1) is 10.2 Å². The zero-order valence-electron chi connectivity index (χ0n) is 17.2. The molecule has 1 amide bonds. The van der Waals surface area contributed by atoms with Crippen LogP contribution in [0.15, 0.2) is 42.7 Å². The summed E-state index contributed by atoms with van der Waals surface area (Å²) in [5.41, 5.74) is 1.49. The molecule has 3 heterocycles. The molecule has 32 heavy (non-hydrogen) atoms. The van der Waals surface area contributed by atoms with E-state index in [1.54, 1.807) is 36.2 Å². The summed E-state index contributed by atoms with van der Waals surface area (Å²) < 4.78 is 0. The van der Waals surface area contributed by atoms with E-state index in [0.717, 1.165) is 5.56 Å². The van der Waals surface area contributed by atoms with E-state index in [4.69, 9.17) is 5.26 Å². The quantitative estimate of drug-likeness (QED) is 0.555. The molecule has 1 aliphatic heterocycles. The van der Waals surface area contributed by atoms with Crippen LogP contribution in [0.2, 0.25) is 0 Å². The summed E-state index contributed by atoms with van der Waals surface area (Å²) in [6.45, 7) is 1.17. The van der Waals surface area contributed by atoms with Gasteiger partial charge in [-0.3, -0.25) is 4.79 Å². The lowest BCUT2D eigenvalue weighted by atomic mass is 10.1. The molecule has 0 radical (unpaired) electrons. The lowest BCUT2D eigenvalue weighted by Crippen LogP contribution is -2.51. The smallest absolute Gasteiger partial charge is 0.247 e. The number of carbonyl (C=O) groups excluding carboxylic acids is 1. The highest BCUT2D eigenvalue weighted by molar-refractivity contribution is 5.92. The Morgan fingerprint density at radius 3 is 2.78 bits per heavy atom. The first-order valence-corrected chi connectivity index (χ1v) is 9.78. The van der Waals surface area contributed by atoms with Crippen LogP contribution >= 0.6 is 0 Å². The molecule has 1 fully saturated rings. The molecule has 1 aliphatic rings. The van der Waals surface area contributed by atoms with E-state index in [0.29, 0.717) is 36.8 Å². The van der Waals surface area contributed by atoms with Crippen LogP contribution in [0.5, 0.6) is 0 Å². The molecule has 0 spiro atoms. The van der Waals surface area contributed by atoms with Crippen LogP contribution < -0.4 is 4.90 Å². The van der Waals surface area contributed by atoms with Crippen LogP contribution in [0.25, 0.3) is 6.08 Å². The fourth-order valence-corrected chi connectivity index (χ4v) is 3.51. The average Bonchev–Trinajstić information content (AvgIpc) is 3.28. The normalized spacial score (nSPS) is 16.0. The summed E-state index contributed by atoms with van der Waals surface area (Å²) in [5, 5.41) is 30.7. The van der Waals surface area contributed by atoms with E-state index in [-0.39, 0.29) is 11.6 Å². The molecule has 1 atom stereocenters. The van der Waals surface area contributed by atoms with Crippen molar-refractivity contribution >= 4 is 17.8 Å². The monoisotopic (exact) mass is 426 g/mol. The minimum Gasteiger partial charge on any atom is -0.350 e. The third kappa shape index (κ3) is 4.27. The first-order valence-electron chi connectivity index (χ1n) is 9.78. The Labute approximate surface area is 183 Å². The first kappa shape index (κ1) is 20.6. The van der Waals surface area contributed by atoms with Crippen molar-refractivity contribution in [2.45, 2.75) is 6.04 Å². The van der Waals surface area contributed by atoms with E-state index in [1.165, 1.54) is 23.3 Å². The second-order valence-electron chi connectivity index (χ2n) is 7.04. The number of aryl methyl sites for hydroxylation is 1. The summed E-state index contributed by atoms with van der Waals surface area (Å²) >= 11 is 0. The molecular weight excluding hydrogens is 408 g/mol. The predicted octanol–water partition coefficient (Wildman–Crippen LogP) is 0.847. The fourth-order valence-electron chi connectivity index (χ4n) is 3.51. The topological polar surface area (TPSA) is 141 Å². The largest absolute Gasteiger partial charge is 0.350 e. The van der Waals surface area contributed by atoms with Gasteiger partial charge in [0.25, 0.3) is 0 Å². The average molecular weight is 426 g/mol. The van der Waals surface area contributed by atoms with Gasteiger partial charge in [-0.05, 0) is 29.0 Å². The lowest BCUT2D eigenvalue weighted by molar-refractivity contribution is -0.129. The van der Waals surface area contributed by atoms with Gasteiger partial charge in [0, 0.05) is 38.1 Å². The Bertz CT molecular complexity index is 1250. The molecule has 1 aromatic carbocycles. The van der Waals surface area contributed by atoms with Crippen LogP contribution in [-0.2, 0) is 11.8 Å². The molecule has 11 nitrogen and oxygen atoms in total. The third-order valence-electron chi connectivity index (χ3n) is 5.00. The van der Waals surface area contributed by atoms with Gasteiger partial charge in [-0.1, -0.05) is 12.1 Å². The van der Waals surface area contributed by atoms with Crippen LogP contribution in [0, 0.1) is 22.7 Å². The molecule has 2 aromatic heterocycles. The van der Waals surface area contributed by atoms with Crippen LogP contribution in [0.4, 0.5) is 5.82 Å². The molecule has 0 N–H and O–H groups in total. The van der Waals surface area contributed by atoms with Crippen molar-refractivity contribution in [1.29, 1.82) is 10.5 Å². The maximum Gasteiger partial charge on any atom is 0.247 e. The zero-order valence-corrected chi connectivity index (χ0v) is 17.2. The summed E-state index contributed by atoms with van der Waals surface area (Å²) in [7, 11) is 1.65. The number of carbonyl (C=O) groups is 1. The molecule has 158 valence electrons. The number of hydrogen-bond donors (Lipinski definition) is 0. The molecular formula is C21H18N10O. The van der Waals surface area contributed by atoms with Gasteiger partial charge in [-0.25, -0.2) is 9.97 Å². The number of rotatable bonds is 4. The van der Waals surface area contributed by atoms with Crippen molar-refractivity contribution in [3.8, 4) is 12.1 Å². The molecule has 0 aliphatic carbocycles. The highest BCUT2D eigenvalue weighted by atomic mass is 16.2. The number of tetrazole rings is 1. The highest BCUT2D eigenvalue weighted by Crippen LogP contribution is 2.27. The molecule has 4 rings (SSSR count). The molecule has 3 aromatic rings. The first-order chi connectivity index (χ1) is 15.6. The Morgan fingerprint density at radius 1 is 1.19 bits per heavy atom. The van der Waals surface area contributed by atoms with E-state index in [9.17, 15) is 10.1 Å². The number of amides is 1. The summed E-state index contributed by atoms with van der Waals surface area (Å²) in [6.07, 6.45) is 6.14. The summed E-state index contributed by atoms with van der Waals surface area (Å²) in [5.74, 6) is 0.636. The van der Waals surface area contributed by atoms with Gasteiger partial charge in [0.2, 0.25) is 5.91 Å². The minimum absolute atomic E-state index is 0.218. The molecule has 0 saturated carbocycles. The van der Waals surface area contributed by atoms with Crippen LogP contribution in [-0.4, -0.2) is 60.6 Å². The van der Waals surface area contributed by atoms with Gasteiger partial charge in [0.05, 0.1) is 18.7 Å². The number of aromatic nitrogens is 6. The Kier molecular flexibility index (Phi) is 5.81. The second kappa shape index (κ2) is 9.02. The zero-order chi connectivity index (χ0) is 22.5. The minimum atomic E-state index is -0.492. The molecule has 1 saturated heterocycles. The van der Waals surface area contributed by atoms with Crippen molar-refractivity contribution in [3.05, 3.63) is 65.4 Å². The van der Waals surface area contributed by atoms with Crippen molar-refractivity contribution in [2.24, 2.45) is 7.05 Å². The van der Waals surface area contributed by atoms with Crippen molar-refractivity contribution in [1.82, 2.24) is 35.1 Å². The van der Waals surface area contributed by atoms with E-state index in [2.05, 4.69) is 37.5 Å². The predicted molar refractivity (Wildman–Crippen MR) is 112 cm³/mol. The molecule has 0 bridgehead atoms. The van der Waals surface area contributed by atoms with Crippen LogP contribution in [0.1, 0.15) is 28.7 Å². The van der Waals surface area contributed by atoms with Gasteiger partial charge in [-0.2, -0.15) is 15.3 Å². The second-order valence-corrected chi connectivity index (χ2v) is 7.04. The maximum atomic E-state index is 13.1. The number of piperazine rings is 1. The number of nitriles is 2. The highest BCUT2D eigenvalue weighted by Gasteiger charge is 2.35. The molecule has 11 heteroatoms. The van der Waals surface area contributed by atoms with Crippen molar-refractivity contribution in [2.75, 3.05) is 24.5 Å². The Hall–Kier alpha value is -4.64. The van der Waals surface area contributed by atoms with Gasteiger partial charge < -0.3 is 9.80 Å². The maximum absolute atomic E-state index is 13.1. The SMILES string of the molecule is Cn1nnc(C2CN(c3nccnc3C#N)CCN2C(=O)/C=C/c2cccc(C#N)c2)n1. The van der Waals surface area contributed by atoms with Gasteiger partial charge in [0.1, 0.15) is 12.1 Å². The lowest BCUT2D eigenvalue weighted by Gasteiger charge is -2.40. The molecule has 1 unspecified atom stereocenters. The number of nitrogens with zero attached hydrogens (tertiary/aromatic N) is 10. The van der Waals surface area contributed by atoms with Gasteiger partial charge >= 0.3 is 0 Å². The van der Waals surface area contributed by atoms with Gasteiger partial charge in [0.15, 0.2) is 17.3 Å². The summed E-state index contributed by atoms with van der Waals surface area (Å²) in [6, 6.07) is 10.6. The Morgan fingerprint density at radius 2 is 2.03 bits per heavy atom. The van der Waals surface area contributed by atoms with Crippen molar-refractivity contribution in [3.63, 3.8) is 0 Å². The van der Waals surface area contributed by atoms with Crippen molar-refractivity contribution < 1.29 is 4.79 Å². The van der Waals surface area contributed by atoms with E-state index >= 15 is 0 Å². The summed E-state index contributed by atoms with van der Waals surface area (Å²) in [4.78, 5) is 26.4. The standard InChI is InChI=1S/C21H18N10O/c1-29-27-20(26-28-29)18-14-30(21-17(13-23)24-7-8-25-21)9-10-31(18)19(32)6-5-15-3-2-4-16(11-15)12-22/h2-8,11,18H,9-10,14H2,1H3/b6-5+. The third-order valence-corrected chi connectivity index (χ3v) is 5.00. The number of anilines is 1. The fraction of sp³-hybridized carbons (Fsp3) is 0.238. The van der Waals surface area contributed by atoms with Crippen LogP contribution in [0.3, 0.4) is 0 Å². The van der Waals surface area contributed by atoms with E-state index in [1.807, 2.05) is 11.0 Å². The Balaban J connectivity index is 1.60. The number of hydrogen-bond acceptors (Lipinski definition) is 9. The number of benzene rings is 1. The van der Waals surface area contributed by atoms with E-state index < -0.39 is 6.04 Å².